The Bertz CT molecular complexity index is 651. The van der Waals surface area contributed by atoms with Gasteiger partial charge in [-0.25, -0.2) is 0 Å². The Hall–Kier alpha value is -1.01. The van der Waals surface area contributed by atoms with Crippen molar-refractivity contribution in [2.24, 2.45) is 0 Å². The van der Waals surface area contributed by atoms with Gasteiger partial charge in [0, 0.05) is 6.42 Å². The van der Waals surface area contributed by atoms with Gasteiger partial charge in [-0.3, -0.25) is 4.79 Å². The highest BCUT2D eigenvalue weighted by Crippen LogP contribution is 2.26. The van der Waals surface area contributed by atoms with Gasteiger partial charge in [-0.05, 0) is 6.42 Å². The summed E-state index contributed by atoms with van der Waals surface area (Å²) in [5.74, 6) is -0.509. The topological polar surface area (TPSA) is 225 Å². The molecular formula is C23H42O14. The van der Waals surface area contributed by atoms with E-state index in [0.29, 0.717) is 6.42 Å². The summed E-state index contributed by atoms with van der Waals surface area (Å²) < 4.78 is 26.7. The minimum Gasteiger partial charge on any atom is -0.457 e. The van der Waals surface area contributed by atoms with E-state index in [1.165, 1.54) is 0 Å². The van der Waals surface area contributed by atoms with E-state index in [4.69, 9.17) is 23.7 Å². The molecule has 0 amide bonds. The largest absolute Gasteiger partial charge is 0.457 e. The Morgan fingerprint density at radius 3 is 1.92 bits per heavy atom. The highest BCUT2D eigenvalue weighted by molar-refractivity contribution is 5.69. The first-order valence-electron chi connectivity index (χ1n) is 12.7. The second-order valence-electron chi connectivity index (χ2n) is 9.34. The molecule has 0 saturated carbocycles. The normalized spacial score (nSPS) is 37.3. The molecule has 0 aliphatic carbocycles. The molecule has 2 saturated heterocycles. The van der Waals surface area contributed by atoms with E-state index < -0.39 is 93.3 Å². The van der Waals surface area contributed by atoms with Crippen LogP contribution in [0.2, 0.25) is 0 Å². The lowest BCUT2D eigenvalue weighted by Crippen LogP contribution is -2.61. The fourth-order valence-electron chi connectivity index (χ4n) is 4.03. The maximum Gasteiger partial charge on any atom is 0.306 e. The van der Waals surface area contributed by atoms with Gasteiger partial charge < -0.3 is 64.5 Å². The van der Waals surface area contributed by atoms with Gasteiger partial charge in [-0.15, -0.1) is 0 Å². The van der Waals surface area contributed by atoms with Gasteiger partial charge in [0.1, 0.15) is 54.9 Å². The number of unbranched alkanes of at least 4 members (excludes halogenated alkanes) is 4. The Kier molecular flexibility index (Phi) is 14.1. The molecule has 2 fully saturated rings. The summed E-state index contributed by atoms with van der Waals surface area (Å²) in [6.45, 7) is -0.0160. The van der Waals surface area contributed by atoms with Crippen molar-refractivity contribution in [1.29, 1.82) is 0 Å². The first kappa shape index (κ1) is 32.2. The van der Waals surface area contributed by atoms with Gasteiger partial charge in [0.05, 0.1) is 26.4 Å². The van der Waals surface area contributed by atoms with Crippen LogP contribution in [0.15, 0.2) is 0 Å². The number of hydrogen-bond acceptors (Lipinski definition) is 14. The van der Waals surface area contributed by atoms with Crippen molar-refractivity contribution in [3.05, 3.63) is 0 Å². The summed E-state index contributed by atoms with van der Waals surface area (Å²) in [5, 5.41) is 79.3. The molecule has 2 rings (SSSR count). The van der Waals surface area contributed by atoms with Crippen LogP contribution in [-0.4, -0.2) is 141 Å². The lowest BCUT2D eigenvalue weighted by atomic mass is 9.98. The maximum atomic E-state index is 12.0. The predicted molar refractivity (Wildman–Crippen MR) is 123 cm³/mol. The summed E-state index contributed by atoms with van der Waals surface area (Å²) in [6.07, 6.45) is -11.6. The first-order valence-corrected chi connectivity index (χ1v) is 12.7. The Labute approximate surface area is 215 Å². The zero-order valence-corrected chi connectivity index (χ0v) is 20.9. The number of esters is 1. The van der Waals surface area contributed by atoms with Crippen molar-refractivity contribution < 1.29 is 69.3 Å². The molecule has 2 aliphatic rings. The molecule has 0 radical (unpaired) electrons. The minimum absolute atomic E-state index is 0.186. The van der Waals surface area contributed by atoms with Crippen LogP contribution in [0.5, 0.6) is 0 Å². The third-order valence-corrected chi connectivity index (χ3v) is 6.37. The quantitative estimate of drug-likeness (QED) is 0.0758. The van der Waals surface area contributed by atoms with Crippen LogP contribution in [-0.2, 0) is 28.5 Å². The van der Waals surface area contributed by atoms with Crippen molar-refractivity contribution >= 4 is 5.97 Å². The van der Waals surface area contributed by atoms with Gasteiger partial charge in [0.25, 0.3) is 0 Å². The van der Waals surface area contributed by atoms with E-state index >= 15 is 0 Å². The molecule has 11 atom stereocenters. The molecule has 0 bridgehead atoms. The smallest absolute Gasteiger partial charge is 0.306 e. The van der Waals surface area contributed by atoms with E-state index in [2.05, 4.69) is 6.92 Å². The minimum atomic E-state index is -1.72. The Morgan fingerprint density at radius 1 is 0.757 bits per heavy atom. The molecule has 218 valence electrons. The second kappa shape index (κ2) is 16.2. The van der Waals surface area contributed by atoms with Crippen LogP contribution < -0.4 is 0 Å². The SMILES string of the molecule is CCCCCCCC(=O)O[C@H](CO)CO[C@@H]1O[C@H](CO[C@H]2O[C@H](CO)[C@H](O)[C@H](O)[C@H]2O)[C@H](O)[C@H](O)[C@H]1O. The van der Waals surface area contributed by atoms with Crippen molar-refractivity contribution in [2.75, 3.05) is 26.4 Å². The number of ether oxygens (including phenoxy) is 5. The molecule has 8 N–H and O–H groups in total. The predicted octanol–water partition coefficient (Wildman–Crippen LogP) is -3.11. The molecule has 0 spiro atoms. The van der Waals surface area contributed by atoms with E-state index in [-0.39, 0.29) is 13.0 Å². The monoisotopic (exact) mass is 542 g/mol. The first-order chi connectivity index (χ1) is 17.6. The molecule has 0 unspecified atom stereocenters. The molecule has 2 aliphatic heterocycles. The summed E-state index contributed by atoms with van der Waals surface area (Å²) in [6, 6.07) is 0. The van der Waals surface area contributed by atoms with E-state index in [9.17, 15) is 45.6 Å². The van der Waals surface area contributed by atoms with Gasteiger partial charge in [0.2, 0.25) is 0 Å². The maximum absolute atomic E-state index is 12.0. The Balaban J connectivity index is 1.86. The highest BCUT2D eigenvalue weighted by atomic mass is 16.7. The van der Waals surface area contributed by atoms with Gasteiger partial charge >= 0.3 is 5.97 Å². The summed E-state index contributed by atoms with van der Waals surface area (Å²) >= 11 is 0. The standard InChI is InChI=1S/C23H42O14/c1-2-3-4-5-6-7-15(26)35-12(8-24)10-33-22-21(32)19(30)17(28)14(37-22)11-34-23-20(31)18(29)16(27)13(9-25)36-23/h12-14,16-25,27-32H,2-11H2,1H3/t12-,13-,14-,16+,17+,18+,19+,20-,21-,22-,23+/m1/s1. The number of rotatable bonds is 15. The van der Waals surface area contributed by atoms with Crippen LogP contribution in [0.3, 0.4) is 0 Å². The van der Waals surface area contributed by atoms with Crippen molar-refractivity contribution in [3.63, 3.8) is 0 Å². The zero-order valence-electron chi connectivity index (χ0n) is 20.9. The number of aliphatic hydroxyl groups is 8. The van der Waals surface area contributed by atoms with Gasteiger partial charge in [-0.1, -0.05) is 32.6 Å². The number of hydrogen-bond donors (Lipinski definition) is 8. The van der Waals surface area contributed by atoms with E-state index in [1.807, 2.05) is 0 Å². The third kappa shape index (κ3) is 9.30. The van der Waals surface area contributed by atoms with Crippen LogP contribution >= 0.6 is 0 Å². The molecule has 14 heteroatoms. The molecule has 0 aromatic heterocycles. The summed E-state index contributed by atoms with van der Waals surface area (Å²) in [5.41, 5.74) is 0. The molecule has 0 aromatic rings. The zero-order chi connectivity index (χ0) is 27.5. The van der Waals surface area contributed by atoms with Crippen molar-refractivity contribution in [2.45, 2.75) is 113 Å². The fourth-order valence-corrected chi connectivity index (χ4v) is 4.03. The molecular weight excluding hydrogens is 500 g/mol. The lowest BCUT2D eigenvalue weighted by molar-refractivity contribution is -0.332. The number of aliphatic hydroxyl groups excluding tert-OH is 8. The van der Waals surface area contributed by atoms with Crippen LogP contribution in [0.4, 0.5) is 0 Å². The van der Waals surface area contributed by atoms with E-state index in [0.717, 1.165) is 25.7 Å². The summed E-state index contributed by atoms with van der Waals surface area (Å²) in [4.78, 5) is 12.0. The molecule has 0 aromatic carbocycles. The molecule has 37 heavy (non-hydrogen) atoms. The van der Waals surface area contributed by atoms with Crippen LogP contribution in [0.25, 0.3) is 0 Å². The molecule has 14 nitrogen and oxygen atoms in total. The average Bonchev–Trinajstić information content (AvgIpc) is 2.89. The second-order valence-corrected chi connectivity index (χ2v) is 9.34. The molecule has 2 heterocycles. The van der Waals surface area contributed by atoms with Crippen molar-refractivity contribution in [3.8, 4) is 0 Å². The van der Waals surface area contributed by atoms with Crippen LogP contribution in [0.1, 0.15) is 45.4 Å². The number of carbonyl (C=O) groups is 1. The third-order valence-electron chi connectivity index (χ3n) is 6.37. The highest BCUT2D eigenvalue weighted by Gasteiger charge is 2.47. The van der Waals surface area contributed by atoms with E-state index in [1.54, 1.807) is 0 Å². The van der Waals surface area contributed by atoms with Crippen molar-refractivity contribution in [1.82, 2.24) is 0 Å². The van der Waals surface area contributed by atoms with Gasteiger partial charge in [0.15, 0.2) is 12.6 Å². The van der Waals surface area contributed by atoms with Gasteiger partial charge in [-0.2, -0.15) is 0 Å². The average molecular weight is 543 g/mol. The lowest BCUT2D eigenvalue weighted by Gasteiger charge is -2.42. The summed E-state index contributed by atoms with van der Waals surface area (Å²) in [7, 11) is 0. The Morgan fingerprint density at radius 2 is 1.32 bits per heavy atom. The number of carbonyl (C=O) groups excluding carboxylic acids is 1. The fraction of sp³-hybridized carbons (Fsp3) is 0.957. The van der Waals surface area contributed by atoms with Crippen LogP contribution in [0, 0.1) is 0 Å².